The largest absolute Gasteiger partial charge is 0.346 e. The maximum absolute atomic E-state index is 10.6. The van der Waals surface area contributed by atoms with Crippen LogP contribution >= 0.6 is 0 Å². The van der Waals surface area contributed by atoms with E-state index in [0.29, 0.717) is 0 Å². The number of nitrogens with one attached hydrogen (secondary N) is 1. The van der Waals surface area contributed by atoms with Crippen molar-refractivity contribution in [2.75, 3.05) is 0 Å². The van der Waals surface area contributed by atoms with E-state index in [1.807, 2.05) is 20.8 Å². The van der Waals surface area contributed by atoms with Gasteiger partial charge in [0, 0.05) is 6.92 Å². The highest BCUT2D eigenvalue weighted by atomic mass is 16.2. The van der Waals surface area contributed by atoms with Crippen LogP contribution in [0.1, 0.15) is 27.7 Å². The number of hydrogen-bond donors (Lipinski definition) is 1. The second-order valence-corrected chi connectivity index (χ2v) is 3.68. The van der Waals surface area contributed by atoms with Gasteiger partial charge in [0.05, 0.1) is 6.04 Å². The highest BCUT2D eigenvalue weighted by molar-refractivity contribution is 5.77. The van der Waals surface area contributed by atoms with Crippen LogP contribution in [0, 0.1) is 5.41 Å². The Morgan fingerprint density at radius 1 is 1.45 bits per heavy atom. The van der Waals surface area contributed by atoms with Crippen molar-refractivity contribution in [2.24, 2.45) is 5.41 Å². The Labute approximate surface area is 67.2 Å². The second kappa shape index (κ2) is 3.51. The number of amides is 1. The van der Waals surface area contributed by atoms with Gasteiger partial charge in [-0.15, -0.1) is 0 Å². The first-order valence-corrected chi connectivity index (χ1v) is 3.60. The minimum Gasteiger partial charge on any atom is -0.346 e. The van der Waals surface area contributed by atoms with Crippen molar-refractivity contribution < 1.29 is 9.59 Å². The maximum Gasteiger partial charge on any atom is 0.217 e. The molecular formula is C8H15NO2. The summed E-state index contributed by atoms with van der Waals surface area (Å²) in [5, 5.41) is 2.56. The summed E-state index contributed by atoms with van der Waals surface area (Å²) in [6.07, 6.45) is 0.765. The third-order valence-electron chi connectivity index (χ3n) is 1.43. The fourth-order valence-corrected chi connectivity index (χ4v) is 0.674. The molecule has 0 saturated heterocycles. The molecule has 1 amide bonds. The minimum absolute atomic E-state index is 0.169. The van der Waals surface area contributed by atoms with Gasteiger partial charge in [0.25, 0.3) is 0 Å². The van der Waals surface area contributed by atoms with Crippen LogP contribution in [-0.2, 0) is 9.59 Å². The Balaban J connectivity index is 4.18. The lowest BCUT2D eigenvalue weighted by Crippen LogP contribution is -2.43. The summed E-state index contributed by atoms with van der Waals surface area (Å²) in [5.41, 5.74) is -0.201. The molecule has 0 aromatic heterocycles. The van der Waals surface area contributed by atoms with Crippen molar-refractivity contribution in [3.63, 3.8) is 0 Å². The molecule has 0 aliphatic rings. The van der Waals surface area contributed by atoms with Crippen molar-refractivity contribution in [1.29, 1.82) is 0 Å². The first-order chi connectivity index (χ1) is 4.88. The van der Waals surface area contributed by atoms with Crippen molar-refractivity contribution in [2.45, 2.75) is 33.7 Å². The van der Waals surface area contributed by atoms with Gasteiger partial charge in [-0.2, -0.15) is 0 Å². The molecular weight excluding hydrogens is 142 g/mol. The molecule has 0 unspecified atom stereocenters. The van der Waals surface area contributed by atoms with Crippen molar-refractivity contribution in [3.05, 3.63) is 0 Å². The molecule has 0 rings (SSSR count). The summed E-state index contributed by atoms with van der Waals surface area (Å²) in [7, 11) is 0. The summed E-state index contributed by atoms with van der Waals surface area (Å²) in [4.78, 5) is 21.1. The predicted octanol–water partition coefficient (Wildman–Crippen LogP) is 0.736. The molecule has 3 nitrogen and oxygen atoms in total. The molecule has 0 radical (unpaired) electrons. The normalized spacial score (nSPS) is 13.8. The number of rotatable bonds is 2. The molecule has 1 atom stereocenters. The zero-order chi connectivity index (χ0) is 9.07. The van der Waals surface area contributed by atoms with Gasteiger partial charge in [-0.1, -0.05) is 20.8 Å². The maximum atomic E-state index is 10.6. The molecule has 0 aliphatic carbocycles. The van der Waals surface area contributed by atoms with Crippen LogP contribution in [0.2, 0.25) is 0 Å². The molecule has 1 N–H and O–H groups in total. The predicted molar refractivity (Wildman–Crippen MR) is 43.1 cm³/mol. The van der Waals surface area contributed by atoms with Crippen LogP contribution in [0.4, 0.5) is 0 Å². The number of carbonyl (C=O) groups excluding carboxylic acids is 2. The van der Waals surface area contributed by atoms with Crippen molar-refractivity contribution >= 4 is 12.2 Å². The number of aldehydes is 1. The Morgan fingerprint density at radius 2 is 1.91 bits per heavy atom. The van der Waals surface area contributed by atoms with Crippen LogP contribution in [0.15, 0.2) is 0 Å². The molecule has 0 aromatic carbocycles. The van der Waals surface area contributed by atoms with Crippen LogP contribution in [0.5, 0.6) is 0 Å². The third-order valence-corrected chi connectivity index (χ3v) is 1.43. The lowest BCUT2D eigenvalue weighted by Gasteiger charge is -2.25. The van der Waals surface area contributed by atoms with E-state index < -0.39 is 0 Å². The van der Waals surface area contributed by atoms with E-state index in [4.69, 9.17) is 0 Å². The second-order valence-electron chi connectivity index (χ2n) is 3.68. The molecule has 0 spiro atoms. The fraction of sp³-hybridized carbons (Fsp3) is 0.750. The first kappa shape index (κ1) is 10.1. The Bertz CT molecular complexity index is 158. The van der Waals surface area contributed by atoms with E-state index in [9.17, 15) is 9.59 Å². The summed E-state index contributed by atoms with van der Waals surface area (Å²) >= 11 is 0. The quantitative estimate of drug-likeness (QED) is 0.601. The number of carbonyl (C=O) groups is 2. The highest BCUT2D eigenvalue weighted by Crippen LogP contribution is 2.17. The Morgan fingerprint density at radius 3 is 2.00 bits per heavy atom. The van der Waals surface area contributed by atoms with Crippen LogP contribution in [0.3, 0.4) is 0 Å². The lowest BCUT2D eigenvalue weighted by molar-refractivity contribution is -0.123. The molecule has 0 saturated carbocycles. The van der Waals surface area contributed by atoms with Crippen molar-refractivity contribution in [1.82, 2.24) is 5.32 Å². The first-order valence-electron chi connectivity index (χ1n) is 3.60. The van der Waals surface area contributed by atoms with Gasteiger partial charge in [0.15, 0.2) is 0 Å². The SMILES string of the molecule is CC(=O)N[C@H](C=O)C(C)(C)C. The smallest absolute Gasteiger partial charge is 0.217 e. The topological polar surface area (TPSA) is 46.2 Å². The van der Waals surface area contributed by atoms with E-state index in [0.717, 1.165) is 6.29 Å². The van der Waals surface area contributed by atoms with Gasteiger partial charge in [-0.05, 0) is 5.41 Å². The monoisotopic (exact) mass is 157 g/mol. The Kier molecular flexibility index (Phi) is 3.23. The van der Waals surface area contributed by atoms with E-state index in [-0.39, 0.29) is 17.4 Å². The van der Waals surface area contributed by atoms with Gasteiger partial charge in [0.2, 0.25) is 5.91 Å². The summed E-state index contributed by atoms with van der Waals surface area (Å²) in [6, 6.07) is -0.389. The molecule has 0 fully saturated rings. The van der Waals surface area contributed by atoms with E-state index >= 15 is 0 Å². The average Bonchev–Trinajstić information content (AvgIpc) is 1.79. The average molecular weight is 157 g/mol. The summed E-state index contributed by atoms with van der Waals surface area (Å²) < 4.78 is 0. The van der Waals surface area contributed by atoms with Crippen LogP contribution < -0.4 is 5.32 Å². The van der Waals surface area contributed by atoms with E-state index in [2.05, 4.69) is 5.32 Å². The molecule has 11 heavy (non-hydrogen) atoms. The lowest BCUT2D eigenvalue weighted by atomic mass is 9.88. The molecule has 64 valence electrons. The zero-order valence-corrected chi connectivity index (χ0v) is 7.47. The fourth-order valence-electron chi connectivity index (χ4n) is 0.674. The molecule has 0 aliphatic heterocycles. The molecule has 0 bridgehead atoms. The van der Waals surface area contributed by atoms with E-state index in [1.54, 1.807) is 0 Å². The standard InChI is InChI=1S/C8H15NO2/c1-6(11)9-7(5-10)8(2,3)4/h5,7H,1-4H3,(H,9,11)/t7-/m1/s1. The van der Waals surface area contributed by atoms with Gasteiger partial charge >= 0.3 is 0 Å². The Hall–Kier alpha value is -0.860. The van der Waals surface area contributed by atoms with Gasteiger partial charge in [0.1, 0.15) is 6.29 Å². The third kappa shape index (κ3) is 3.75. The van der Waals surface area contributed by atoms with E-state index in [1.165, 1.54) is 6.92 Å². The molecule has 0 aromatic rings. The van der Waals surface area contributed by atoms with Crippen LogP contribution in [0.25, 0.3) is 0 Å². The number of hydrogen-bond acceptors (Lipinski definition) is 2. The summed E-state index contributed by atoms with van der Waals surface area (Å²) in [5.74, 6) is -0.169. The van der Waals surface area contributed by atoms with Gasteiger partial charge < -0.3 is 10.1 Å². The van der Waals surface area contributed by atoms with Crippen molar-refractivity contribution in [3.8, 4) is 0 Å². The summed E-state index contributed by atoms with van der Waals surface area (Å²) in [6.45, 7) is 7.12. The molecule has 3 heteroatoms. The minimum atomic E-state index is -0.389. The zero-order valence-electron chi connectivity index (χ0n) is 7.47. The van der Waals surface area contributed by atoms with Crippen LogP contribution in [-0.4, -0.2) is 18.2 Å². The highest BCUT2D eigenvalue weighted by Gasteiger charge is 2.24. The molecule has 0 heterocycles. The van der Waals surface area contributed by atoms with Gasteiger partial charge in [-0.3, -0.25) is 4.79 Å². The van der Waals surface area contributed by atoms with Gasteiger partial charge in [-0.25, -0.2) is 0 Å².